The van der Waals surface area contributed by atoms with Gasteiger partial charge in [0.25, 0.3) is 0 Å². The second-order valence-corrected chi connectivity index (χ2v) is 7.99. The molecule has 1 fully saturated rings. The predicted octanol–water partition coefficient (Wildman–Crippen LogP) is 2.84. The van der Waals surface area contributed by atoms with Crippen molar-refractivity contribution in [3.05, 3.63) is 30.0 Å². The standard InChI is InChI=1S/C22H28N2O4/c23-22(26)15-4-2-14(3-5-15)16-10-19-18-11-17(27-9-1-8-25)6-7-20(18)24-12-21(19)28-13-16/h6-7,11-12,14-16,25H,1-5,8-10,13H2,(H2,23,26). The third kappa shape index (κ3) is 3.92. The number of primary amides is 1. The van der Waals surface area contributed by atoms with Crippen molar-refractivity contribution in [3.63, 3.8) is 0 Å². The van der Waals surface area contributed by atoms with E-state index in [1.54, 1.807) is 0 Å². The lowest BCUT2D eigenvalue weighted by atomic mass is 9.73. The third-order valence-corrected chi connectivity index (χ3v) is 6.24. The number of aliphatic hydroxyl groups is 1. The molecular weight excluding hydrogens is 356 g/mol. The normalized spacial score (nSPS) is 24.4. The number of benzene rings is 1. The van der Waals surface area contributed by atoms with Crippen LogP contribution < -0.4 is 15.2 Å². The minimum Gasteiger partial charge on any atom is -0.493 e. The van der Waals surface area contributed by atoms with Gasteiger partial charge in [0.1, 0.15) is 11.5 Å². The number of aromatic nitrogens is 1. The first-order valence-electron chi connectivity index (χ1n) is 10.2. The minimum absolute atomic E-state index is 0.0386. The molecule has 0 radical (unpaired) electrons. The van der Waals surface area contributed by atoms with Crippen molar-refractivity contribution in [2.24, 2.45) is 23.5 Å². The zero-order valence-electron chi connectivity index (χ0n) is 16.1. The Balaban J connectivity index is 1.53. The van der Waals surface area contributed by atoms with E-state index in [-0.39, 0.29) is 18.4 Å². The quantitative estimate of drug-likeness (QED) is 0.747. The molecule has 3 N–H and O–H groups in total. The zero-order valence-corrected chi connectivity index (χ0v) is 16.1. The topological polar surface area (TPSA) is 94.7 Å². The summed E-state index contributed by atoms with van der Waals surface area (Å²) < 4.78 is 11.8. The maximum absolute atomic E-state index is 11.4. The summed E-state index contributed by atoms with van der Waals surface area (Å²) in [5, 5.41) is 10.0. The lowest BCUT2D eigenvalue weighted by molar-refractivity contribution is -0.123. The second-order valence-electron chi connectivity index (χ2n) is 7.99. The molecule has 1 unspecified atom stereocenters. The number of hydrogen-bond donors (Lipinski definition) is 2. The van der Waals surface area contributed by atoms with Crippen LogP contribution in [0.3, 0.4) is 0 Å². The van der Waals surface area contributed by atoms with Gasteiger partial charge in [-0.15, -0.1) is 0 Å². The summed E-state index contributed by atoms with van der Waals surface area (Å²) in [7, 11) is 0. The van der Waals surface area contributed by atoms with Gasteiger partial charge in [0, 0.05) is 29.9 Å². The number of pyridine rings is 1. The molecule has 28 heavy (non-hydrogen) atoms. The molecule has 6 heteroatoms. The highest BCUT2D eigenvalue weighted by molar-refractivity contribution is 5.85. The first-order valence-corrected chi connectivity index (χ1v) is 10.2. The van der Waals surface area contributed by atoms with Gasteiger partial charge in [0.05, 0.1) is 24.9 Å². The number of amides is 1. The van der Waals surface area contributed by atoms with Gasteiger partial charge in [0.15, 0.2) is 0 Å². The van der Waals surface area contributed by atoms with E-state index in [1.165, 1.54) is 5.56 Å². The average molecular weight is 384 g/mol. The zero-order chi connectivity index (χ0) is 19.5. The number of carbonyl (C=O) groups is 1. The van der Waals surface area contributed by atoms with Gasteiger partial charge >= 0.3 is 0 Å². The largest absolute Gasteiger partial charge is 0.493 e. The molecule has 4 rings (SSSR count). The summed E-state index contributed by atoms with van der Waals surface area (Å²) in [5.74, 6) is 2.55. The van der Waals surface area contributed by atoms with Crippen LogP contribution in [0.15, 0.2) is 24.4 Å². The maximum atomic E-state index is 11.4. The van der Waals surface area contributed by atoms with Gasteiger partial charge in [-0.25, -0.2) is 0 Å². The fourth-order valence-electron chi connectivity index (χ4n) is 4.58. The highest BCUT2D eigenvalue weighted by Gasteiger charge is 2.33. The molecule has 1 aromatic heterocycles. The Hall–Kier alpha value is -2.34. The molecule has 2 aromatic rings. The number of hydrogen-bond acceptors (Lipinski definition) is 5. The van der Waals surface area contributed by atoms with Crippen LogP contribution in [0, 0.1) is 17.8 Å². The van der Waals surface area contributed by atoms with E-state index in [2.05, 4.69) is 4.98 Å². The molecule has 2 heterocycles. The van der Waals surface area contributed by atoms with Crippen molar-refractivity contribution in [2.45, 2.75) is 38.5 Å². The van der Waals surface area contributed by atoms with Crippen molar-refractivity contribution in [1.82, 2.24) is 4.98 Å². The highest BCUT2D eigenvalue weighted by atomic mass is 16.5. The molecule has 1 saturated carbocycles. The van der Waals surface area contributed by atoms with Gasteiger partial charge in [-0.2, -0.15) is 0 Å². The molecule has 1 atom stereocenters. The van der Waals surface area contributed by atoms with Gasteiger partial charge in [-0.3, -0.25) is 9.78 Å². The number of fused-ring (bicyclic) bond motifs is 3. The van der Waals surface area contributed by atoms with Gasteiger partial charge in [-0.05, 0) is 62.1 Å². The van der Waals surface area contributed by atoms with E-state index in [0.717, 1.165) is 54.5 Å². The van der Waals surface area contributed by atoms with Crippen LogP contribution in [0.5, 0.6) is 11.5 Å². The van der Waals surface area contributed by atoms with Gasteiger partial charge in [-0.1, -0.05) is 0 Å². The summed E-state index contributed by atoms with van der Waals surface area (Å²) in [6.45, 7) is 1.32. The number of aliphatic hydroxyl groups excluding tert-OH is 1. The van der Waals surface area contributed by atoms with Gasteiger partial charge < -0.3 is 20.3 Å². The number of ether oxygens (including phenoxy) is 2. The Morgan fingerprint density at radius 3 is 2.82 bits per heavy atom. The lowest BCUT2D eigenvalue weighted by Crippen LogP contribution is -2.34. The Labute approximate surface area is 165 Å². The fourth-order valence-corrected chi connectivity index (χ4v) is 4.58. The van der Waals surface area contributed by atoms with Crippen LogP contribution in [0.4, 0.5) is 0 Å². The van der Waals surface area contributed by atoms with E-state index in [0.29, 0.717) is 31.5 Å². The van der Waals surface area contributed by atoms with Crippen LogP contribution in [-0.4, -0.2) is 35.8 Å². The van der Waals surface area contributed by atoms with Crippen molar-refractivity contribution in [2.75, 3.05) is 19.8 Å². The van der Waals surface area contributed by atoms with Crippen molar-refractivity contribution < 1.29 is 19.4 Å². The van der Waals surface area contributed by atoms with E-state index in [4.69, 9.17) is 20.3 Å². The highest BCUT2D eigenvalue weighted by Crippen LogP contribution is 2.40. The summed E-state index contributed by atoms with van der Waals surface area (Å²) >= 11 is 0. The van der Waals surface area contributed by atoms with Gasteiger partial charge in [0.2, 0.25) is 5.91 Å². The monoisotopic (exact) mass is 384 g/mol. The summed E-state index contributed by atoms with van der Waals surface area (Å²) in [6, 6.07) is 5.94. The molecule has 0 spiro atoms. The number of rotatable bonds is 6. The Kier molecular flexibility index (Phi) is 5.67. The van der Waals surface area contributed by atoms with Crippen molar-refractivity contribution in [1.29, 1.82) is 0 Å². The maximum Gasteiger partial charge on any atom is 0.220 e. The lowest BCUT2D eigenvalue weighted by Gasteiger charge is -2.35. The molecule has 1 amide bonds. The molecular formula is C22H28N2O4. The van der Waals surface area contributed by atoms with Crippen LogP contribution in [0.25, 0.3) is 10.9 Å². The van der Waals surface area contributed by atoms with Crippen LogP contribution in [0.2, 0.25) is 0 Å². The molecule has 1 aliphatic carbocycles. The van der Waals surface area contributed by atoms with E-state index in [1.807, 2.05) is 24.4 Å². The third-order valence-electron chi connectivity index (χ3n) is 6.24. The van der Waals surface area contributed by atoms with Crippen LogP contribution in [-0.2, 0) is 11.2 Å². The first kappa shape index (κ1) is 19.0. The molecule has 1 aromatic carbocycles. The summed E-state index contributed by atoms with van der Waals surface area (Å²) in [5.41, 5.74) is 7.62. The van der Waals surface area contributed by atoms with E-state index < -0.39 is 0 Å². The molecule has 0 saturated heterocycles. The smallest absolute Gasteiger partial charge is 0.220 e. The number of carbonyl (C=O) groups excluding carboxylic acids is 1. The molecule has 150 valence electrons. The molecule has 1 aliphatic heterocycles. The Morgan fingerprint density at radius 2 is 2.07 bits per heavy atom. The average Bonchev–Trinajstić information content (AvgIpc) is 2.73. The van der Waals surface area contributed by atoms with Crippen molar-refractivity contribution in [3.8, 4) is 11.5 Å². The van der Waals surface area contributed by atoms with Crippen molar-refractivity contribution >= 4 is 16.8 Å². The minimum atomic E-state index is -0.158. The van der Waals surface area contributed by atoms with E-state index >= 15 is 0 Å². The molecule has 0 bridgehead atoms. The second kappa shape index (κ2) is 8.35. The predicted molar refractivity (Wildman–Crippen MR) is 106 cm³/mol. The number of nitrogens with zero attached hydrogens (tertiary/aromatic N) is 1. The van der Waals surface area contributed by atoms with Crippen LogP contribution in [0.1, 0.15) is 37.7 Å². The first-order chi connectivity index (χ1) is 13.7. The Bertz CT molecular complexity index is 846. The molecule has 6 nitrogen and oxygen atoms in total. The van der Waals surface area contributed by atoms with Crippen LogP contribution >= 0.6 is 0 Å². The number of nitrogens with two attached hydrogens (primary N) is 1. The SMILES string of the molecule is NC(=O)C1CCC(C2COc3cnc4ccc(OCCCO)cc4c3C2)CC1. The summed E-state index contributed by atoms with van der Waals surface area (Å²) in [4.78, 5) is 16.0. The van der Waals surface area contributed by atoms with E-state index in [9.17, 15) is 4.79 Å². The Morgan fingerprint density at radius 1 is 1.25 bits per heavy atom. The fraction of sp³-hybridized carbons (Fsp3) is 0.545. The summed E-state index contributed by atoms with van der Waals surface area (Å²) in [6.07, 6.45) is 7.25. The molecule has 2 aliphatic rings.